The Morgan fingerprint density at radius 2 is 1.56 bits per heavy atom. The van der Waals surface area contributed by atoms with Gasteiger partial charge in [-0.1, -0.05) is 54.4 Å². The van der Waals surface area contributed by atoms with Crippen LogP contribution in [-0.4, -0.2) is 43.8 Å². The molecule has 3 aromatic rings. The zero-order valence-electron chi connectivity index (χ0n) is 23.0. The van der Waals surface area contributed by atoms with Gasteiger partial charge in [-0.25, -0.2) is 12.8 Å². The van der Waals surface area contributed by atoms with Crippen LogP contribution in [0.1, 0.15) is 43.9 Å². The molecule has 0 aliphatic heterocycles. The summed E-state index contributed by atoms with van der Waals surface area (Å²) in [5.41, 5.74) is 2.81. The van der Waals surface area contributed by atoms with Gasteiger partial charge in [0.05, 0.1) is 10.6 Å². The van der Waals surface area contributed by atoms with E-state index in [1.807, 2.05) is 52.0 Å². The van der Waals surface area contributed by atoms with Crippen LogP contribution in [0.15, 0.2) is 77.7 Å². The topological polar surface area (TPSA) is 86.8 Å². The molecule has 0 fully saturated rings. The summed E-state index contributed by atoms with van der Waals surface area (Å²) in [4.78, 5) is 28.3. The number of sulfonamides is 1. The molecule has 0 aliphatic rings. The zero-order valence-corrected chi connectivity index (χ0v) is 23.8. The number of nitrogens with one attached hydrogen (secondary N) is 1. The Labute approximate surface area is 230 Å². The Hall–Kier alpha value is -3.72. The average Bonchev–Trinajstić information content (AvgIpc) is 2.90. The number of amides is 2. The maximum atomic E-state index is 13.9. The summed E-state index contributed by atoms with van der Waals surface area (Å²) in [6, 6.07) is 17.8. The minimum atomic E-state index is -4.20. The lowest BCUT2D eigenvalue weighted by Crippen LogP contribution is -2.52. The van der Waals surface area contributed by atoms with Crippen LogP contribution < -0.4 is 9.62 Å². The van der Waals surface area contributed by atoms with E-state index in [0.29, 0.717) is 0 Å². The Bertz CT molecular complexity index is 1390. The normalized spacial score (nSPS) is 12.9. The predicted molar refractivity (Wildman–Crippen MR) is 151 cm³/mol. The number of carbonyl (C=O) groups is 2. The molecular weight excluding hydrogens is 517 g/mol. The molecule has 7 nitrogen and oxygen atoms in total. The van der Waals surface area contributed by atoms with E-state index in [4.69, 9.17) is 0 Å². The fourth-order valence-corrected chi connectivity index (χ4v) is 5.44. The Balaban J connectivity index is 2.02. The Morgan fingerprint density at radius 3 is 2.15 bits per heavy atom. The maximum absolute atomic E-state index is 13.9. The lowest BCUT2D eigenvalue weighted by atomic mass is 10.1. The van der Waals surface area contributed by atoms with E-state index in [0.717, 1.165) is 39.5 Å². The molecule has 0 aromatic heterocycles. The first-order valence-corrected chi connectivity index (χ1v) is 14.4. The SMILES string of the molecule is CC[C@H](C)NC(=O)[C@H](C)N(Cc1cccc(C)c1)C(=O)CN(c1ccc(F)cc1)S(=O)(=O)c1ccc(C)cc1. The van der Waals surface area contributed by atoms with Gasteiger partial charge in [0.1, 0.15) is 18.4 Å². The van der Waals surface area contributed by atoms with E-state index < -0.39 is 34.3 Å². The summed E-state index contributed by atoms with van der Waals surface area (Å²) in [5.74, 6) is -1.43. The van der Waals surface area contributed by atoms with Crippen LogP contribution in [0, 0.1) is 19.7 Å². The van der Waals surface area contributed by atoms with Gasteiger partial charge in [0.2, 0.25) is 11.8 Å². The molecule has 0 saturated carbocycles. The highest BCUT2D eigenvalue weighted by Crippen LogP contribution is 2.25. The van der Waals surface area contributed by atoms with Crippen molar-refractivity contribution in [2.24, 2.45) is 0 Å². The number of rotatable bonds is 11. The molecule has 0 heterocycles. The Morgan fingerprint density at radius 1 is 0.923 bits per heavy atom. The van der Waals surface area contributed by atoms with Gasteiger partial charge in [-0.2, -0.15) is 0 Å². The molecule has 0 radical (unpaired) electrons. The minimum absolute atomic E-state index is 0.00183. The molecule has 1 N–H and O–H groups in total. The molecule has 0 bridgehead atoms. The molecule has 0 saturated heterocycles. The van der Waals surface area contributed by atoms with E-state index in [2.05, 4.69) is 5.32 Å². The number of hydrogen-bond acceptors (Lipinski definition) is 4. The van der Waals surface area contributed by atoms with Gasteiger partial charge < -0.3 is 10.2 Å². The molecule has 39 heavy (non-hydrogen) atoms. The molecule has 0 aliphatic carbocycles. The predicted octanol–water partition coefficient (Wildman–Crippen LogP) is 4.97. The van der Waals surface area contributed by atoms with Crippen LogP contribution in [0.3, 0.4) is 0 Å². The van der Waals surface area contributed by atoms with Gasteiger partial charge in [0.15, 0.2) is 0 Å². The Kier molecular flexibility index (Phi) is 9.86. The summed E-state index contributed by atoms with van der Waals surface area (Å²) in [5, 5.41) is 2.91. The molecule has 2 amide bonds. The van der Waals surface area contributed by atoms with Crippen molar-refractivity contribution in [3.8, 4) is 0 Å². The molecule has 3 aromatic carbocycles. The van der Waals surface area contributed by atoms with Crippen LogP contribution >= 0.6 is 0 Å². The van der Waals surface area contributed by atoms with Crippen LogP contribution in [-0.2, 0) is 26.2 Å². The number of carbonyl (C=O) groups excluding carboxylic acids is 2. The number of benzene rings is 3. The zero-order chi connectivity index (χ0) is 28.7. The fraction of sp³-hybridized carbons (Fsp3) is 0.333. The molecule has 0 unspecified atom stereocenters. The largest absolute Gasteiger partial charge is 0.352 e. The molecule has 3 rings (SSSR count). The third kappa shape index (κ3) is 7.66. The van der Waals surface area contributed by atoms with Crippen molar-refractivity contribution in [3.05, 3.63) is 95.3 Å². The monoisotopic (exact) mass is 553 g/mol. The lowest BCUT2D eigenvalue weighted by molar-refractivity contribution is -0.139. The van der Waals surface area contributed by atoms with E-state index in [-0.39, 0.29) is 29.1 Å². The fourth-order valence-electron chi connectivity index (χ4n) is 4.03. The van der Waals surface area contributed by atoms with E-state index >= 15 is 0 Å². The van der Waals surface area contributed by atoms with Crippen molar-refractivity contribution in [3.63, 3.8) is 0 Å². The number of halogens is 1. The van der Waals surface area contributed by atoms with Gasteiger partial charge >= 0.3 is 0 Å². The van der Waals surface area contributed by atoms with Gasteiger partial charge in [-0.3, -0.25) is 13.9 Å². The first kappa shape index (κ1) is 29.8. The van der Waals surface area contributed by atoms with Crippen LogP contribution in [0.5, 0.6) is 0 Å². The van der Waals surface area contributed by atoms with Gasteiger partial charge in [0, 0.05) is 12.6 Å². The summed E-state index contributed by atoms with van der Waals surface area (Å²) in [6.07, 6.45) is 0.720. The molecule has 208 valence electrons. The van der Waals surface area contributed by atoms with Crippen LogP contribution in [0.25, 0.3) is 0 Å². The lowest BCUT2D eigenvalue weighted by Gasteiger charge is -2.32. The van der Waals surface area contributed by atoms with Crippen LogP contribution in [0.4, 0.5) is 10.1 Å². The highest BCUT2D eigenvalue weighted by molar-refractivity contribution is 7.92. The summed E-state index contributed by atoms with van der Waals surface area (Å²) in [7, 11) is -4.20. The van der Waals surface area contributed by atoms with E-state index in [1.54, 1.807) is 19.1 Å². The second-order valence-corrected chi connectivity index (χ2v) is 11.7. The van der Waals surface area contributed by atoms with Crippen molar-refractivity contribution < 1.29 is 22.4 Å². The van der Waals surface area contributed by atoms with Crippen LogP contribution in [0.2, 0.25) is 0 Å². The van der Waals surface area contributed by atoms with Crippen molar-refractivity contribution >= 4 is 27.5 Å². The van der Waals surface area contributed by atoms with Crippen molar-refractivity contribution in [2.75, 3.05) is 10.8 Å². The maximum Gasteiger partial charge on any atom is 0.264 e. The van der Waals surface area contributed by atoms with Gasteiger partial charge in [-0.05, 0) is 76.1 Å². The molecular formula is C30H36FN3O4S. The number of aryl methyl sites for hydroxylation is 2. The second-order valence-electron chi connectivity index (χ2n) is 9.81. The smallest absolute Gasteiger partial charge is 0.264 e. The van der Waals surface area contributed by atoms with E-state index in [1.165, 1.54) is 29.2 Å². The quantitative estimate of drug-likeness (QED) is 0.363. The summed E-state index contributed by atoms with van der Waals surface area (Å²) < 4.78 is 42.2. The van der Waals surface area contributed by atoms with Gasteiger partial charge in [-0.15, -0.1) is 0 Å². The molecule has 0 spiro atoms. The number of nitrogens with zero attached hydrogens (tertiary/aromatic N) is 2. The second kappa shape index (κ2) is 12.9. The van der Waals surface area contributed by atoms with E-state index in [9.17, 15) is 22.4 Å². The van der Waals surface area contributed by atoms with Crippen molar-refractivity contribution in [2.45, 2.75) is 64.6 Å². The third-order valence-corrected chi connectivity index (χ3v) is 8.39. The first-order valence-electron chi connectivity index (χ1n) is 12.9. The summed E-state index contributed by atoms with van der Waals surface area (Å²) in [6.45, 7) is 8.75. The minimum Gasteiger partial charge on any atom is -0.352 e. The van der Waals surface area contributed by atoms with Crippen molar-refractivity contribution in [1.29, 1.82) is 0 Å². The molecule has 2 atom stereocenters. The average molecular weight is 554 g/mol. The first-order chi connectivity index (χ1) is 18.4. The number of anilines is 1. The highest BCUT2D eigenvalue weighted by atomic mass is 32.2. The standard InChI is InChI=1S/C30H36FN3O4S/c1-6-23(4)32-30(36)24(5)33(19-25-9-7-8-22(3)18-25)29(35)20-34(27-14-12-26(31)13-15-27)39(37,38)28-16-10-21(2)11-17-28/h7-18,23-24H,6,19-20H2,1-5H3,(H,32,36)/t23-,24-/m0/s1. The van der Waals surface area contributed by atoms with Crippen molar-refractivity contribution in [1.82, 2.24) is 10.2 Å². The third-order valence-electron chi connectivity index (χ3n) is 6.61. The summed E-state index contributed by atoms with van der Waals surface area (Å²) >= 11 is 0. The number of hydrogen-bond donors (Lipinski definition) is 1. The highest BCUT2D eigenvalue weighted by Gasteiger charge is 2.32. The van der Waals surface area contributed by atoms with Gasteiger partial charge in [0.25, 0.3) is 10.0 Å². The molecule has 9 heteroatoms.